The highest BCUT2D eigenvalue weighted by atomic mass is 16.4. The Morgan fingerprint density at radius 1 is 1.21 bits per heavy atom. The Bertz CT molecular complexity index is 232. The minimum atomic E-state index is -0.741. The zero-order chi connectivity index (χ0) is 10.1. The van der Waals surface area contributed by atoms with E-state index >= 15 is 0 Å². The Labute approximate surface area is 84.5 Å². The highest BCUT2D eigenvalue weighted by Crippen LogP contribution is 2.29. The van der Waals surface area contributed by atoms with Gasteiger partial charge in [0, 0.05) is 19.1 Å². The second-order valence-corrected chi connectivity index (χ2v) is 4.38. The van der Waals surface area contributed by atoms with E-state index in [0.717, 1.165) is 19.4 Å². The van der Waals surface area contributed by atoms with Crippen molar-refractivity contribution in [3.63, 3.8) is 0 Å². The highest BCUT2D eigenvalue weighted by Gasteiger charge is 2.38. The van der Waals surface area contributed by atoms with Crippen molar-refractivity contribution in [3.05, 3.63) is 0 Å². The summed E-state index contributed by atoms with van der Waals surface area (Å²) in [6.45, 7) is 1.56. The van der Waals surface area contributed by atoms with E-state index in [1.165, 1.54) is 12.8 Å². The smallest absolute Gasteiger partial charge is 0.407 e. The van der Waals surface area contributed by atoms with Gasteiger partial charge in [0.05, 0.1) is 6.04 Å². The van der Waals surface area contributed by atoms with Gasteiger partial charge in [-0.05, 0) is 19.9 Å². The average molecular weight is 198 g/mol. The normalized spacial score (nSPS) is 33.9. The first-order chi connectivity index (χ1) is 6.70. The molecule has 2 fully saturated rings. The molecule has 1 N–H and O–H groups in total. The van der Waals surface area contributed by atoms with Crippen molar-refractivity contribution in [2.75, 3.05) is 20.1 Å². The van der Waals surface area contributed by atoms with Gasteiger partial charge in [-0.3, -0.25) is 4.90 Å². The fraction of sp³-hybridized carbons (Fsp3) is 0.900. The summed E-state index contributed by atoms with van der Waals surface area (Å²) < 4.78 is 0. The van der Waals surface area contributed by atoms with Crippen LogP contribution in [0.3, 0.4) is 0 Å². The minimum Gasteiger partial charge on any atom is -0.465 e. The zero-order valence-corrected chi connectivity index (χ0v) is 8.65. The maximum absolute atomic E-state index is 11.0. The van der Waals surface area contributed by atoms with Crippen molar-refractivity contribution < 1.29 is 9.90 Å². The number of fused-ring (bicyclic) bond motifs is 1. The fourth-order valence-corrected chi connectivity index (χ4v) is 2.80. The fourth-order valence-electron chi connectivity index (χ4n) is 2.80. The highest BCUT2D eigenvalue weighted by molar-refractivity contribution is 5.65. The van der Waals surface area contributed by atoms with Crippen molar-refractivity contribution >= 4 is 6.09 Å². The van der Waals surface area contributed by atoms with Crippen LogP contribution in [0.1, 0.15) is 25.7 Å². The first-order valence-electron chi connectivity index (χ1n) is 5.40. The summed E-state index contributed by atoms with van der Waals surface area (Å²) in [5.74, 6) is 0. The summed E-state index contributed by atoms with van der Waals surface area (Å²) in [5, 5.41) is 9.07. The van der Waals surface area contributed by atoms with Crippen molar-refractivity contribution in [2.24, 2.45) is 0 Å². The molecule has 1 aliphatic heterocycles. The van der Waals surface area contributed by atoms with Gasteiger partial charge in [0.1, 0.15) is 0 Å². The third-order valence-electron chi connectivity index (χ3n) is 3.60. The summed E-state index contributed by atoms with van der Waals surface area (Å²) in [5.41, 5.74) is 0. The van der Waals surface area contributed by atoms with Crippen LogP contribution >= 0.6 is 0 Å². The first kappa shape index (κ1) is 9.77. The quantitative estimate of drug-likeness (QED) is 0.636. The molecule has 0 unspecified atom stereocenters. The van der Waals surface area contributed by atoms with E-state index in [-0.39, 0.29) is 6.04 Å². The molecule has 2 rings (SSSR count). The Morgan fingerprint density at radius 3 is 2.50 bits per heavy atom. The number of rotatable bonds is 0. The number of carboxylic acid groups (broad SMARTS) is 1. The van der Waals surface area contributed by atoms with Crippen molar-refractivity contribution in [1.82, 2.24) is 9.80 Å². The van der Waals surface area contributed by atoms with Gasteiger partial charge < -0.3 is 10.0 Å². The summed E-state index contributed by atoms with van der Waals surface area (Å²) >= 11 is 0. The molecule has 1 amide bonds. The molecule has 0 aromatic rings. The molecule has 0 bridgehead atoms. The predicted molar refractivity (Wildman–Crippen MR) is 53.4 cm³/mol. The van der Waals surface area contributed by atoms with Crippen LogP contribution in [0.15, 0.2) is 0 Å². The van der Waals surface area contributed by atoms with E-state index in [0.29, 0.717) is 12.6 Å². The molecular weight excluding hydrogens is 180 g/mol. The van der Waals surface area contributed by atoms with Crippen molar-refractivity contribution in [2.45, 2.75) is 37.8 Å². The lowest BCUT2D eigenvalue weighted by Crippen LogP contribution is -2.60. The second kappa shape index (κ2) is 3.77. The third kappa shape index (κ3) is 1.59. The zero-order valence-electron chi connectivity index (χ0n) is 8.65. The summed E-state index contributed by atoms with van der Waals surface area (Å²) in [6.07, 6.45) is 3.89. The minimum absolute atomic E-state index is 0.250. The van der Waals surface area contributed by atoms with E-state index in [4.69, 9.17) is 5.11 Å². The lowest BCUT2D eigenvalue weighted by molar-refractivity contribution is 0.0166. The van der Waals surface area contributed by atoms with Gasteiger partial charge in [0.2, 0.25) is 0 Å². The number of likely N-dealkylation sites (N-methyl/N-ethyl adjacent to an activating group) is 1. The SMILES string of the molecule is CN1CCN(C(=O)O)[C@@H]2CCCC[C@@H]21. The van der Waals surface area contributed by atoms with E-state index in [1.807, 2.05) is 0 Å². The molecule has 0 spiro atoms. The van der Waals surface area contributed by atoms with Crippen LogP contribution in [0, 0.1) is 0 Å². The molecule has 1 saturated carbocycles. The number of hydrogen-bond donors (Lipinski definition) is 1. The first-order valence-corrected chi connectivity index (χ1v) is 5.40. The van der Waals surface area contributed by atoms with E-state index < -0.39 is 6.09 Å². The summed E-state index contributed by atoms with van der Waals surface area (Å²) in [7, 11) is 2.11. The van der Waals surface area contributed by atoms with Crippen molar-refractivity contribution in [3.8, 4) is 0 Å². The molecule has 0 aromatic heterocycles. The molecule has 1 saturated heterocycles. The predicted octanol–water partition coefficient (Wildman–Crippen LogP) is 1.22. The molecule has 80 valence electrons. The molecule has 1 aliphatic carbocycles. The maximum atomic E-state index is 11.0. The van der Waals surface area contributed by atoms with Gasteiger partial charge in [-0.15, -0.1) is 0 Å². The lowest BCUT2D eigenvalue weighted by atomic mass is 9.87. The van der Waals surface area contributed by atoms with E-state index in [1.54, 1.807) is 4.90 Å². The van der Waals surface area contributed by atoms with Gasteiger partial charge >= 0.3 is 6.09 Å². The van der Waals surface area contributed by atoms with Gasteiger partial charge in [0.15, 0.2) is 0 Å². The van der Waals surface area contributed by atoms with E-state index in [9.17, 15) is 4.79 Å². The Kier molecular flexibility index (Phi) is 2.63. The lowest BCUT2D eigenvalue weighted by Gasteiger charge is -2.47. The molecule has 0 aromatic carbocycles. The number of piperazine rings is 1. The average Bonchev–Trinajstić information content (AvgIpc) is 2.18. The number of amides is 1. The van der Waals surface area contributed by atoms with Gasteiger partial charge in [-0.1, -0.05) is 12.8 Å². The van der Waals surface area contributed by atoms with E-state index in [2.05, 4.69) is 11.9 Å². The van der Waals surface area contributed by atoms with Crippen LogP contribution in [-0.4, -0.2) is 53.2 Å². The molecule has 4 heteroatoms. The largest absolute Gasteiger partial charge is 0.465 e. The molecule has 2 aliphatic rings. The maximum Gasteiger partial charge on any atom is 0.407 e. The van der Waals surface area contributed by atoms with Crippen LogP contribution < -0.4 is 0 Å². The van der Waals surface area contributed by atoms with Crippen LogP contribution in [0.5, 0.6) is 0 Å². The monoisotopic (exact) mass is 198 g/mol. The van der Waals surface area contributed by atoms with Crippen LogP contribution in [0.4, 0.5) is 4.79 Å². The summed E-state index contributed by atoms with van der Waals surface area (Å²) in [4.78, 5) is 15.0. The molecule has 1 heterocycles. The molecule has 0 radical (unpaired) electrons. The molecule has 4 nitrogen and oxygen atoms in total. The van der Waals surface area contributed by atoms with Crippen LogP contribution in [0.2, 0.25) is 0 Å². The standard InChI is InChI=1S/C10H18N2O2/c1-11-6-7-12(10(13)14)9-5-3-2-4-8(9)11/h8-9H,2-7H2,1H3,(H,13,14)/t8-,9+/m0/s1. The second-order valence-electron chi connectivity index (χ2n) is 4.38. The Morgan fingerprint density at radius 2 is 1.86 bits per heavy atom. The molecule has 14 heavy (non-hydrogen) atoms. The van der Waals surface area contributed by atoms with Crippen molar-refractivity contribution in [1.29, 1.82) is 0 Å². The number of nitrogens with zero attached hydrogens (tertiary/aromatic N) is 2. The molecule has 2 atom stereocenters. The van der Waals surface area contributed by atoms with Crippen LogP contribution in [-0.2, 0) is 0 Å². The number of carbonyl (C=O) groups is 1. The van der Waals surface area contributed by atoms with Crippen LogP contribution in [0.25, 0.3) is 0 Å². The van der Waals surface area contributed by atoms with Gasteiger partial charge in [-0.2, -0.15) is 0 Å². The Hall–Kier alpha value is -0.770. The Balaban J connectivity index is 2.12. The third-order valence-corrected chi connectivity index (χ3v) is 3.60. The summed E-state index contributed by atoms with van der Waals surface area (Å²) in [6, 6.07) is 0.716. The number of hydrogen-bond acceptors (Lipinski definition) is 2. The van der Waals surface area contributed by atoms with Gasteiger partial charge in [-0.25, -0.2) is 4.79 Å². The topological polar surface area (TPSA) is 43.8 Å². The molecular formula is C10H18N2O2. The van der Waals surface area contributed by atoms with Gasteiger partial charge in [0.25, 0.3) is 0 Å².